The van der Waals surface area contributed by atoms with E-state index in [1.54, 1.807) is 12.3 Å². The highest BCUT2D eigenvalue weighted by molar-refractivity contribution is 5.45. The maximum atomic E-state index is 8.92. The molecule has 19 heavy (non-hydrogen) atoms. The summed E-state index contributed by atoms with van der Waals surface area (Å²) in [6, 6.07) is 5.78. The molecule has 0 unspecified atom stereocenters. The van der Waals surface area contributed by atoms with Gasteiger partial charge in [-0.15, -0.1) is 0 Å². The van der Waals surface area contributed by atoms with E-state index in [2.05, 4.69) is 39.8 Å². The van der Waals surface area contributed by atoms with Crippen molar-refractivity contribution in [2.75, 3.05) is 58.3 Å². The van der Waals surface area contributed by atoms with Crippen molar-refractivity contribution in [3.05, 3.63) is 23.9 Å². The zero-order chi connectivity index (χ0) is 13.7. The first-order valence-corrected chi connectivity index (χ1v) is 6.67. The van der Waals surface area contributed by atoms with Gasteiger partial charge in [-0.2, -0.15) is 5.26 Å². The molecule has 0 aliphatic carbocycles. The van der Waals surface area contributed by atoms with Gasteiger partial charge in [0.25, 0.3) is 0 Å². The topological polar surface area (TPSA) is 46.4 Å². The predicted octanol–water partition coefficient (Wildman–Crippen LogP) is 0.637. The quantitative estimate of drug-likeness (QED) is 0.794. The van der Waals surface area contributed by atoms with Gasteiger partial charge in [-0.05, 0) is 26.2 Å². The number of aromatic nitrogens is 1. The number of nitrogens with zero attached hydrogens (tertiary/aromatic N) is 5. The molecule has 5 heteroatoms. The van der Waals surface area contributed by atoms with E-state index in [0.29, 0.717) is 5.56 Å². The Kier molecular flexibility index (Phi) is 4.72. The van der Waals surface area contributed by atoms with Gasteiger partial charge in [-0.25, -0.2) is 4.98 Å². The lowest BCUT2D eigenvalue weighted by Crippen LogP contribution is -2.48. The molecular weight excluding hydrogens is 238 g/mol. The summed E-state index contributed by atoms with van der Waals surface area (Å²) in [4.78, 5) is 11.3. The summed E-state index contributed by atoms with van der Waals surface area (Å²) >= 11 is 0. The molecule has 102 valence electrons. The van der Waals surface area contributed by atoms with Crippen LogP contribution in [-0.2, 0) is 0 Å². The molecule has 0 amide bonds. The zero-order valence-electron chi connectivity index (χ0n) is 11.7. The van der Waals surface area contributed by atoms with E-state index >= 15 is 0 Å². The van der Waals surface area contributed by atoms with Crippen molar-refractivity contribution in [1.82, 2.24) is 14.8 Å². The highest BCUT2D eigenvalue weighted by Gasteiger charge is 2.17. The average molecular weight is 259 g/mol. The van der Waals surface area contributed by atoms with Crippen molar-refractivity contribution in [1.29, 1.82) is 5.26 Å². The van der Waals surface area contributed by atoms with Gasteiger partial charge in [0.05, 0.1) is 11.6 Å². The fraction of sp³-hybridized carbons (Fsp3) is 0.571. The van der Waals surface area contributed by atoms with Crippen molar-refractivity contribution in [2.24, 2.45) is 0 Å². The smallest absolute Gasteiger partial charge is 0.129 e. The van der Waals surface area contributed by atoms with Crippen LogP contribution in [0.3, 0.4) is 0 Å². The first-order valence-electron chi connectivity index (χ1n) is 6.67. The van der Waals surface area contributed by atoms with E-state index in [1.807, 2.05) is 6.07 Å². The number of likely N-dealkylation sites (N-methyl/N-ethyl adjacent to an activating group) is 1. The van der Waals surface area contributed by atoms with E-state index in [0.717, 1.165) is 45.1 Å². The molecule has 0 N–H and O–H groups in total. The second kappa shape index (κ2) is 6.50. The van der Waals surface area contributed by atoms with E-state index in [1.165, 1.54) is 0 Å². The highest BCUT2D eigenvalue weighted by Crippen LogP contribution is 2.14. The van der Waals surface area contributed by atoms with Crippen LogP contribution in [0.25, 0.3) is 0 Å². The molecule has 0 bridgehead atoms. The van der Waals surface area contributed by atoms with Crippen LogP contribution in [0.1, 0.15) is 5.56 Å². The minimum Gasteiger partial charge on any atom is -0.354 e. The monoisotopic (exact) mass is 259 g/mol. The first-order chi connectivity index (χ1) is 9.19. The van der Waals surface area contributed by atoms with Gasteiger partial charge in [0, 0.05) is 45.5 Å². The molecule has 0 aromatic carbocycles. The third kappa shape index (κ3) is 3.91. The molecule has 1 saturated heterocycles. The molecular formula is C14H21N5. The Balaban J connectivity index is 1.87. The van der Waals surface area contributed by atoms with Gasteiger partial charge < -0.3 is 9.80 Å². The molecule has 0 spiro atoms. The van der Waals surface area contributed by atoms with Crippen molar-refractivity contribution in [3.63, 3.8) is 0 Å². The molecule has 2 heterocycles. The lowest BCUT2D eigenvalue weighted by atomic mass is 10.2. The summed E-state index contributed by atoms with van der Waals surface area (Å²) in [7, 11) is 4.21. The number of piperazine rings is 1. The van der Waals surface area contributed by atoms with E-state index in [4.69, 9.17) is 5.26 Å². The number of anilines is 1. The maximum Gasteiger partial charge on any atom is 0.129 e. The minimum absolute atomic E-state index is 0.681. The Morgan fingerprint density at radius 2 is 2.05 bits per heavy atom. The summed E-state index contributed by atoms with van der Waals surface area (Å²) in [5, 5.41) is 8.92. The molecule has 5 nitrogen and oxygen atoms in total. The summed E-state index contributed by atoms with van der Waals surface area (Å²) in [5.41, 5.74) is 0.681. The summed E-state index contributed by atoms with van der Waals surface area (Å²) in [5.74, 6) is 0.923. The van der Waals surface area contributed by atoms with E-state index in [-0.39, 0.29) is 0 Å². The fourth-order valence-corrected chi connectivity index (χ4v) is 2.20. The van der Waals surface area contributed by atoms with Crippen LogP contribution in [-0.4, -0.2) is 68.1 Å². The molecule has 1 aromatic rings. The lowest BCUT2D eigenvalue weighted by Gasteiger charge is -2.35. The molecule has 1 fully saturated rings. The van der Waals surface area contributed by atoms with Crippen molar-refractivity contribution in [3.8, 4) is 6.07 Å². The molecule has 1 aliphatic rings. The molecule has 0 atom stereocenters. The standard InChI is InChI=1S/C14H21N5/c1-17(2)5-6-18-7-9-19(10-8-18)14-11-13(12-15)3-4-16-14/h3-4,11H,5-10H2,1-2H3. The predicted molar refractivity (Wildman–Crippen MR) is 76.2 cm³/mol. The lowest BCUT2D eigenvalue weighted by molar-refractivity contribution is 0.229. The van der Waals surface area contributed by atoms with Crippen LogP contribution in [0.15, 0.2) is 18.3 Å². The summed E-state index contributed by atoms with van der Waals surface area (Å²) < 4.78 is 0. The second-order valence-electron chi connectivity index (χ2n) is 5.15. The average Bonchev–Trinajstić information content (AvgIpc) is 2.45. The maximum absolute atomic E-state index is 8.92. The van der Waals surface area contributed by atoms with Gasteiger partial charge >= 0.3 is 0 Å². The second-order valence-corrected chi connectivity index (χ2v) is 5.15. The van der Waals surface area contributed by atoms with Crippen LogP contribution in [0, 0.1) is 11.3 Å². The fourth-order valence-electron chi connectivity index (χ4n) is 2.20. The number of nitriles is 1. The number of pyridine rings is 1. The van der Waals surface area contributed by atoms with Gasteiger partial charge in [-0.1, -0.05) is 0 Å². The highest BCUT2D eigenvalue weighted by atomic mass is 15.3. The number of rotatable bonds is 4. The summed E-state index contributed by atoms with van der Waals surface area (Å²) in [6.45, 7) is 6.30. The van der Waals surface area contributed by atoms with Gasteiger partial charge in [0.2, 0.25) is 0 Å². The van der Waals surface area contributed by atoms with Gasteiger partial charge in [0.15, 0.2) is 0 Å². The largest absolute Gasteiger partial charge is 0.354 e. The van der Waals surface area contributed by atoms with Crippen LogP contribution < -0.4 is 4.90 Å². The Hall–Kier alpha value is -1.64. The third-order valence-electron chi connectivity index (χ3n) is 3.43. The van der Waals surface area contributed by atoms with Crippen LogP contribution in [0.5, 0.6) is 0 Å². The molecule has 0 radical (unpaired) electrons. The third-order valence-corrected chi connectivity index (χ3v) is 3.43. The van der Waals surface area contributed by atoms with Crippen LogP contribution in [0.4, 0.5) is 5.82 Å². The Morgan fingerprint density at radius 3 is 2.68 bits per heavy atom. The zero-order valence-corrected chi connectivity index (χ0v) is 11.7. The Bertz CT molecular complexity index is 443. The van der Waals surface area contributed by atoms with Crippen molar-refractivity contribution < 1.29 is 0 Å². The van der Waals surface area contributed by atoms with Gasteiger partial charge in [-0.3, -0.25) is 4.90 Å². The molecule has 0 saturated carbocycles. The Morgan fingerprint density at radius 1 is 1.32 bits per heavy atom. The number of hydrogen-bond acceptors (Lipinski definition) is 5. The Labute approximate surface area is 115 Å². The van der Waals surface area contributed by atoms with Crippen molar-refractivity contribution in [2.45, 2.75) is 0 Å². The first kappa shape index (κ1) is 13.8. The van der Waals surface area contributed by atoms with Crippen LogP contribution >= 0.6 is 0 Å². The molecule has 1 aromatic heterocycles. The normalized spacial score (nSPS) is 16.6. The van der Waals surface area contributed by atoms with Crippen molar-refractivity contribution >= 4 is 5.82 Å². The minimum atomic E-state index is 0.681. The number of hydrogen-bond donors (Lipinski definition) is 0. The van der Waals surface area contributed by atoms with Gasteiger partial charge in [0.1, 0.15) is 5.82 Å². The van der Waals surface area contributed by atoms with E-state index in [9.17, 15) is 0 Å². The van der Waals surface area contributed by atoms with E-state index < -0.39 is 0 Å². The molecule has 1 aliphatic heterocycles. The van der Waals surface area contributed by atoms with Crippen LogP contribution in [0.2, 0.25) is 0 Å². The molecule has 2 rings (SSSR count). The summed E-state index contributed by atoms with van der Waals surface area (Å²) in [6.07, 6.45) is 1.71. The SMILES string of the molecule is CN(C)CCN1CCN(c2cc(C#N)ccn2)CC1.